The van der Waals surface area contributed by atoms with E-state index < -0.39 is 0 Å². The first kappa shape index (κ1) is 10.6. The fourth-order valence-corrected chi connectivity index (χ4v) is 2.25. The lowest BCUT2D eigenvalue weighted by atomic mass is 9.97. The highest BCUT2D eigenvalue weighted by Crippen LogP contribution is 2.24. The summed E-state index contributed by atoms with van der Waals surface area (Å²) in [5.74, 6) is 0.175. The monoisotopic (exact) mass is 238 g/mol. The molecule has 0 saturated carbocycles. The van der Waals surface area contributed by atoms with E-state index in [0.717, 1.165) is 16.3 Å². The predicted octanol–water partition coefficient (Wildman–Crippen LogP) is 2.89. The number of hydrogen-bond acceptors (Lipinski definition) is 3. The standard InChI is InChI=1S/C11H11ClN2S/c12-9-3-1-8(2-4-9)10(5-13)11-6-15-7-14-11/h1-4,6-7,10H,5,13H2. The molecule has 78 valence electrons. The normalized spacial score (nSPS) is 12.7. The van der Waals surface area contributed by atoms with Crippen molar-refractivity contribution >= 4 is 22.9 Å². The minimum Gasteiger partial charge on any atom is -0.329 e. The van der Waals surface area contributed by atoms with Crippen molar-refractivity contribution < 1.29 is 0 Å². The van der Waals surface area contributed by atoms with Crippen LogP contribution in [-0.2, 0) is 0 Å². The second-order valence-electron chi connectivity index (χ2n) is 3.25. The van der Waals surface area contributed by atoms with E-state index in [9.17, 15) is 0 Å². The molecule has 1 aromatic carbocycles. The lowest BCUT2D eigenvalue weighted by molar-refractivity contribution is 0.795. The van der Waals surface area contributed by atoms with Crippen LogP contribution in [0.25, 0.3) is 0 Å². The molecule has 1 heterocycles. The largest absolute Gasteiger partial charge is 0.329 e. The molecule has 1 unspecified atom stereocenters. The molecule has 2 rings (SSSR count). The number of nitrogens with two attached hydrogens (primary N) is 1. The van der Waals surface area contributed by atoms with Crippen molar-refractivity contribution in [3.05, 3.63) is 51.4 Å². The first-order chi connectivity index (χ1) is 7.31. The van der Waals surface area contributed by atoms with Crippen molar-refractivity contribution in [2.45, 2.75) is 5.92 Å². The number of benzene rings is 1. The third-order valence-electron chi connectivity index (χ3n) is 2.32. The Kier molecular flexibility index (Phi) is 3.36. The molecule has 0 amide bonds. The molecule has 0 aliphatic rings. The van der Waals surface area contributed by atoms with Gasteiger partial charge < -0.3 is 5.73 Å². The molecule has 2 nitrogen and oxygen atoms in total. The van der Waals surface area contributed by atoms with Crippen LogP contribution < -0.4 is 5.73 Å². The van der Waals surface area contributed by atoms with Gasteiger partial charge in [-0.15, -0.1) is 11.3 Å². The molecule has 1 aromatic heterocycles. The number of aromatic nitrogens is 1. The summed E-state index contributed by atoms with van der Waals surface area (Å²) in [5.41, 5.74) is 9.79. The molecular formula is C11H11ClN2S. The summed E-state index contributed by atoms with van der Waals surface area (Å²) in [6, 6.07) is 7.76. The first-order valence-electron chi connectivity index (χ1n) is 4.65. The van der Waals surface area contributed by atoms with Gasteiger partial charge in [-0.3, -0.25) is 0 Å². The predicted molar refractivity (Wildman–Crippen MR) is 64.5 cm³/mol. The Balaban J connectivity index is 2.31. The van der Waals surface area contributed by atoms with Gasteiger partial charge in [0.25, 0.3) is 0 Å². The third-order valence-corrected chi connectivity index (χ3v) is 3.17. The number of nitrogens with zero attached hydrogens (tertiary/aromatic N) is 1. The molecule has 2 aromatic rings. The van der Waals surface area contributed by atoms with Crippen LogP contribution in [0.3, 0.4) is 0 Å². The zero-order valence-electron chi connectivity index (χ0n) is 8.06. The van der Waals surface area contributed by atoms with Crippen molar-refractivity contribution in [3.8, 4) is 0 Å². The molecule has 2 N–H and O–H groups in total. The SMILES string of the molecule is NCC(c1ccc(Cl)cc1)c1cscn1. The van der Waals surface area contributed by atoms with Crippen LogP contribution in [0, 0.1) is 0 Å². The van der Waals surface area contributed by atoms with Gasteiger partial charge in [0.2, 0.25) is 0 Å². The van der Waals surface area contributed by atoms with Crippen LogP contribution in [0.1, 0.15) is 17.2 Å². The minimum absolute atomic E-state index is 0.175. The molecule has 0 radical (unpaired) electrons. The molecule has 0 bridgehead atoms. The van der Waals surface area contributed by atoms with Crippen LogP contribution in [0.2, 0.25) is 5.02 Å². The Bertz CT molecular complexity index is 411. The van der Waals surface area contributed by atoms with Crippen molar-refractivity contribution in [2.75, 3.05) is 6.54 Å². The maximum absolute atomic E-state index is 5.84. The van der Waals surface area contributed by atoms with Gasteiger partial charge in [-0.25, -0.2) is 4.98 Å². The van der Waals surface area contributed by atoms with E-state index in [4.69, 9.17) is 17.3 Å². The van der Waals surface area contributed by atoms with Crippen LogP contribution in [-0.4, -0.2) is 11.5 Å². The van der Waals surface area contributed by atoms with Crippen molar-refractivity contribution in [1.82, 2.24) is 4.98 Å². The van der Waals surface area contributed by atoms with Crippen LogP contribution in [0.4, 0.5) is 0 Å². The summed E-state index contributed by atoms with van der Waals surface area (Å²) < 4.78 is 0. The highest BCUT2D eigenvalue weighted by Gasteiger charge is 2.13. The second kappa shape index (κ2) is 4.75. The summed E-state index contributed by atoms with van der Waals surface area (Å²) in [4.78, 5) is 4.29. The fourth-order valence-electron chi connectivity index (χ4n) is 1.52. The van der Waals surface area contributed by atoms with E-state index in [1.54, 1.807) is 11.3 Å². The Morgan fingerprint density at radius 1 is 1.33 bits per heavy atom. The van der Waals surface area contributed by atoms with Gasteiger partial charge in [-0.05, 0) is 17.7 Å². The molecule has 4 heteroatoms. The van der Waals surface area contributed by atoms with Crippen molar-refractivity contribution in [1.29, 1.82) is 0 Å². The van der Waals surface area contributed by atoms with E-state index in [1.807, 2.05) is 35.2 Å². The van der Waals surface area contributed by atoms with Crippen molar-refractivity contribution in [2.24, 2.45) is 5.73 Å². The summed E-state index contributed by atoms with van der Waals surface area (Å²) in [7, 11) is 0. The van der Waals surface area contributed by atoms with Gasteiger partial charge >= 0.3 is 0 Å². The van der Waals surface area contributed by atoms with E-state index in [2.05, 4.69) is 4.98 Å². The maximum Gasteiger partial charge on any atom is 0.0794 e. The Hall–Kier alpha value is -0.900. The van der Waals surface area contributed by atoms with Gasteiger partial charge in [0.1, 0.15) is 0 Å². The van der Waals surface area contributed by atoms with E-state index in [0.29, 0.717) is 6.54 Å². The zero-order chi connectivity index (χ0) is 10.7. The first-order valence-corrected chi connectivity index (χ1v) is 5.97. The molecule has 0 aliphatic carbocycles. The Labute approximate surface area is 97.7 Å². The van der Waals surface area contributed by atoms with E-state index in [-0.39, 0.29) is 5.92 Å². The van der Waals surface area contributed by atoms with Gasteiger partial charge in [0.15, 0.2) is 0 Å². The molecule has 0 spiro atoms. The minimum atomic E-state index is 0.175. The molecule has 15 heavy (non-hydrogen) atoms. The molecule has 0 saturated heterocycles. The molecule has 1 atom stereocenters. The van der Waals surface area contributed by atoms with Crippen LogP contribution in [0.15, 0.2) is 35.2 Å². The smallest absolute Gasteiger partial charge is 0.0794 e. The quantitative estimate of drug-likeness (QED) is 0.893. The van der Waals surface area contributed by atoms with E-state index >= 15 is 0 Å². The van der Waals surface area contributed by atoms with Crippen LogP contribution in [0.5, 0.6) is 0 Å². The maximum atomic E-state index is 5.84. The number of hydrogen-bond donors (Lipinski definition) is 1. The summed E-state index contributed by atoms with van der Waals surface area (Å²) in [6.07, 6.45) is 0. The molecular weight excluding hydrogens is 228 g/mol. The zero-order valence-corrected chi connectivity index (χ0v) is 9.63. The second-order valence-corrected chi connectivity index (χ2v) is 4.41. The topological polar surface area (TPSA) is 38.9 Å². The van der Waals surface area contributed by atoms with Gasteiger partial charge in [-0.1, -0.05) is 23.7 Å². The number of rotatable bonds is 3. The highest BCUT2D eigenvalue weighted by atomic mass is 35.5. The van der Waals surface area contributed by atoms with Gasteiger partial charge in [0.05, 0.1) is 11.2 Å². The summed E-state index contributed by atoms with van der Waals surface area (Å²) in [5, 5.41) is 2.78. The fraction of sp³-hybridized carbons (Fsp3) is 0.182. The number of halogens is 1. The lowest BCUT2D eigenvalue weighted by Gasteiger charge is -2.12. The van der Waals surface area contributed by atoms with Crippen molar-refractivity contribution in [3.63, 3.8) is 0 Å². The van der Waals surface area contributed by atoms with Gasteiger partial charge in [0, 0.05) is 22.9 Å². The lowest BCUT2D eigenvalue weighted by Crippen LogP contribution is -2.13. The summed E-state index contributed by atoms with van der Waals surface area (Å²) >= 11 is 7.43. The molecule has 0 aliphatic heterocycles. The average Bonchev–Trinajstić information content (AvgIpc) is 2.75. The molecule has 0 fully saturated rings. The Morgan fingerprint density at radius 2 is 2.07 bits per heavy atom. The third kappa shape index (κ3) is 2.37. The average molecular weight is 239 g/mol. The highest BCUT2D eigenvalue weighted by molar-refractivity contribution is 7.07. The summed E-state index contributed by atoms with van der Waals surface area (Å²) in [6.45, 7) is 0.561. The Morgan fingerprint density at radius 3 is 2.60 bits per heavy atom. The van der Waals surface area contributed by atoms with E-state index in [1.165, 1.54) is 0 Å². The number of thiazole rings is 1. The van der Waals surface area contributed by atoms with Gasteiger partial charge in [-0.2, -0.15) is 0 Å². The van der Waals surface area contributed by atoms with Crippen LogP contribution >= 0.6 is 22.9 Å².